The van der Waals surface area contributed by atoms with Crippen LogP contribution in [0.15, 0.2) is 15.8 Å². The van der Waals surface area contributed by atoms with E-state index in [1.54, 1.807) is 0 Å². The SMILES string of the molecule is Cc1cn([C@H]2C[C@H](O)[C@@H](COP(=O)(O)OP(=O)(O)O[C@@H]3C[C@@H](N)C(=O)[C@H](C)O3)O2)c(=O)[nH]c1=O. The highest BCUT2D eigenvalue weighted by Crippen LogP contribution is 2.61. The van der Waals surface area contributed by atoms with Gasteiger partial charge in [-0.2, -0.15) is 4.31 Å². The highest BCUT2D eigenvalue weighted by atomic mass is 31.3. The molecule has 2 unspecified atom stereocenters. The predicted octanol–water partition coefficient (Wildman–Crippen LogP) is -1.22. The molecule has 0 saturated carbocycles. The normalized spacial score (nSPS) is 33.4. The molecule has 0 spiro atoms. The van der Waals surface area contributed by atoms with E-state index in [0.29, 0.717) is 0 Å². The molecule has 2 fully saturated rings. The van der Waals surface area contributed by atoms with Gasteiger partial charge in [0.25, 0.3) is 5.56 Å². The molecule has 6 N–H and O–H groups in total. The summed E-state index contributed by atoms with van der Waals surface area (Å²) >= 11 is 0. The van der Waals surface area contributed by atoms with Crippen LogP contribution in [0.4, 0.5) is 0 Å². The Morgan fingerprint density at radius 2 is 1.88 bits per heavy atom. The monoisotopic (exact) mass is 529 g/mol. The maximum atomic E-state index is 12.2. The third kappa shape index (κ3) is 6.56. The van der Waals surface area contributed by atoms with Gasteiger partial charge in [0, 0.05) is 24.6 Å². The molecule has 2 aliphatic heterocycles. The smallest absolute Gasteiger partial charge is 0.390 e. The number of hydrogen-bond acceptors (Lipinski definition) is 12. The van der Waals surface area contributed by atoms with Crippen molar-refractivity contribution in [3.63, 3.8) is 0 Å². The first kappa shape index (κ1) is 27.0. The number of nitrogens with one attached hydrogen (secondary N) is 1. The Balaban J connectivity index is 1.57. The molecule has 2 saturated heterocycles. The van der Waals surface area contributed by atoms with E-state index in [1.807, 2.05) is 0 Å². The highest BCUT2D eigenvalue weighted by molar-refractivity contribution is 7.61. The number of nitrogens with zero attached hydrogens (tertiary/aromatic N) is 1. The third-order valence-electron chi connectivity index (χ3n) is 5.09. The van der Waals surface area contributed by atoms with Gasteiger partial charge >= 0.3 is 21.3 Å². The van der Waals surface area contributed by atoms with Crippen LogP contribution in [-0.2, 0) is 36.8 Å². The molecule has 3 heterocycles. The molecule has 192 valence electrons. The summed E-state index contributed by atoms with van der Waals surface area (Å²) in [5.41, 5.74) is 4.43. The van der Waals surface area contributed by atoms with E-state index >= 15 is 0 Å². The van der Waals surface area contributed by atoms with Gasteiger partial charge in [-0.1, -0.05) is 0 Å². The van der Waals surface area contributed by atoms with Crippen molar-refractivity contribution in [2.24, 2.45) is 5.73 Å². The molecule has 3 rings (SSSR count). The second-order valence-electron chi connectivity index (χ2n) is 7.78. The van der Waals surface area contributed by atoms with Crippen LogP contribution in [0.3, 0.4) is 0 Å². The summed E-state index contributed by atoms with van der Waals surface area (Å²) in [6.07, 6.45) is -5.16. The second kappa shape index (κ2) is 10.2. The molecular weight excluding hydrogens is 504 g/mol. The van der Waals surface area contributed by atoms with Crippen molar-refractivity contribution >= 4 is 21.4 Å². The van der Waals surface area contributed by atoms with Crippen molar-refractivity contribution in [3.8, 4) is 0 Å². The van der Waals surface area contributed by atoms with Crippen molar-refractivity contribution in [2.75, 3.05) is 6.61 Å². The molecule has 0 aromatic carbocycles. The van der Waals surface area contributed by atoms with Gasteiger partial charge < -0.3 is 30.1 Å². The van der Waals surface area contributed by atoms with Crippen LogP contribution in [-0.4, -0.2) is 67.5 Å². The first-order chi connectivity index (χ1) is 15.7. The van der Waals surface area contributed by atoms with E-state index < -0.39 is 76.2 Å². The average molecular weight is 529 g/mol. The number of aryl methyl sites for hydroxylation is 1. The van der Waals surface area contributed by atoms with Gasteiger partial charge in [0.15, 0.2) is 12.1 Å². The molecule has 0 amide bonds. The zero-order valence-corrected chi connectivity index (χ0v) is 19.8. The number of carbonyl (C=O) groups excluding carboxylic acids is 1. The van der Waals surface area contributed by atoms with Gasteiger partial charge in [-0.25, -0.2) is 13.9 Å². The molecule has 1 aromatic rings. The lowest BCUT2D eigenvalue weighted by Crippen LogP contribution is -2.48. The summed E-state index contributed by atoms with van der Waals surface area (Å²) in [6, 6.07) is -1.03. The minimum absolute atomic E-state index is 0.117. The van der Waals surface area contributed by atoms with E-state index in [0.717, 1.165) is 4.57 Å². The molecular formula is C16H25N3O13P2. The Labute approximate surface area is 191 Å². The van der Waals surface area contributed by atoms with Crippen LogP contribution < -0.4 is 17.0 Å². The van der Waals surface area contributed by atoms with Gasteiger partial charge in [-0.15, -0.1) is 0 Å². The first-order valence-electron chi connectivity index (χ1n) is 9.97. The summed E-state index contributed by atoms with van der Waals surface area (Å²) in [4.78, 5) is 56.8. The lowest BCUT2D eigenvalue weighted by atomic mass is 10.0. The molecule has 0 bridgehead atoms. The van der Waals surface area contributed by atoms with E-state index in [9.17, 15) is 38.4 Å². The quantitative estimate of drug-likeness (QED) is 0.248. The van der Waals surface area contributed by atoms with Gasteiger partial charge in [0.2, 0.25) is 0 Å². The van der Waals surface area contributed by atoms with Crippen LogP contribution in [0.5, 0.6) is 0 Å². The van der Waals surface area contributed by atoms with Crippen molar-refractivity contribution in [2.45, 2.75) is 63.6 Å². The van der Waals surface area contributed by atoms with Gasteiger partial charge in [0.05, 0.1) is 18.8 Å². The molecule has 1 aromatic heterocycles. The minimum Gasteiger partial charge on any atom is -0.390 e. The number of H-pyrrole nitrogens is 1. The van der Waals surface area contributed by atoms with E-state index in [4.69, 9.17) is 15.2 Å². The maximum absolute atomic E-state index is 12.2. The summed E-state index contributed by atoms with van der Waals surface area (Å²) < 4.78 is 49.4. The first-order valence-corrected chi connectivity index (χ1v) is 13.0. The topological polar surface area (TPSA) is 239 Å². The van der Waals surface area contributed by atoms with Gasteiger partial charge in [-0.3, -0.25) is 28.2 Å². The summed E-state index contributed by atoms with van der Waals surface area (Å²) in [5.74, 6) is -0.447. The summed E-state index contributed by atoms with van der Waals surface area (Å²) in [5, 5.41) is 10.2. The number of ether oxygens (including phenoxy) is 2. The number of aliphatic hydroxyl groups excluding tert-OH is 1. The van der Waals surface area contributed by atoms with Crippen molar-refractivity contribution in [1.82, 2.24) is 9.55 Å². The van der Waals surface area contributed by atoms with E-state index in [-0.39, 0.29) is 18.4 Å². The van der Waals surface area contributed by atoms with Crippen molar-refractivity contribution in [1.29, 1.82) is 0 Å². The standard InChI is InChI=1S/C16H25N3O13P2/c1-7-5-19(16(23)18-15(7)22)12-4-10(20)11(30-12)6-28-33(24,25)32-34(26,27)31-13-3-9(17)14(21)8(2)29-13/h5,8-13,20H,3-4,6,17H2,1-2H3,(H,24,25)(H,26,27)(H,18,22,23)/t8-,9+,10-,11+,12+,13+/m0/s1. The molecule has 18 heteroatoms. The largest absolute Gasteiger partial charge is 0.483 e. The number of rotatable bonds is 8. The van der Waals surface area contributed by atoms with E-state index in [1.165, 1.54) is 20.0 Å². The molecule has 16 nitrogen and oxygen atoms in total. The Kier molecular flexibility index (Phi) is 8.12. The van der Waals surface area contributed by atoms with Crippen LogP contribution in [0.25, 0.3) is 0 Å². The molecule has 2 aliphatic rings. The Morgan fingerprint density at radius 3 is 2.53 bits per heavy atom. The lowest BCUT2D eigenvalue weighted by molar-refractivity contribution is -0.171. The summed E-state index contributed by atoms with van der Waals surface area (Å²) in [7, 11) is -10.4. The number of ketones is 1. The lowest BCUT2D eigenvalue weighted by Gasteiger charge is -2.31. The second-order valence-corrected chi connectivity index (χ2v) is 10.8. The Hall–Kier alpha value is -1.55. The fraction of sp³-hybridized carbons (Fsp3) is 0.688. The Morgan fingerprint density at radius 1 is 1.21 bits per heavy atom. The number of nitrogens with two attached hydrogens (primary N) is 1. The number of aromatic nitrogens is 2. The van der Waals surface area contributed by atoms with Crippen molar-refractivity contribution in [3.05, 3.63) is 32.6 Å². The number of Topliss-reactive ketones (excluding diaryl/α,β-unsaturated/α-hetero) is 1. The van der Waals surface area contributed by atoms with Crippen LogP contribution in [0.1, 0.15) is 31.6 Å². The fourth-order valence-electron chi connectivity index (χ4n) is 3.37. The predicted molar refractivity (Wildman–Crippen MR) is 110 cm³/mol. The zero-order chi connectivity index (χ0) is 25.4. The number of carbonyl (C=O) groups is 1. The van der Waals surface area contributed by atoms with Crippen molar-refractivity contribution < 1.29 is 51.6 Å². The molecule has 0 radical (unpaired) electrons. The highest BCUT2D eigenvalue weighted by Gasteiger charge is 2.43. The molecule has 0 aliphatic carbocycles. The number of hydrogen-bond donors (Lipinski definition) is 5. The van der Waals surface area contributed by atoms with Gasteiger partial charge in [0.1, 0.15) is 18.4 Å². The molecule has 34 heavy (non-hydrogen) atoms. The van der Waals surface area contributed by atoms with Crippen LogP contribution >= 0.6 is 15.6 Å². The average Bonchev–Trinajstić information content (AvgIpc) is 3.06. The van der Waals surface area contributed by atoms with Crippen LogP contribution in [0, 0.1) is 6.92 Å². The zero-order valence-electron chi connectivity index (χ0n) is 18.0. The number of aromatic amines is 1. The number of aliphatic hydroxyl groups is 1. The maximum Gasteiger partial charge on any atom is 0.483 e. The third-order valence-corrected chi connectivity index (χ3v) is 7.72. The van der Waals surface area contributed by atoms with Crippen LogP contribution in [0.2, 0.25) is 0 Å². The number of phosphoric acid groups is 2. The molecule has 8 atom stereocenters. The summed E-state index contributed by atoms with van der Waals surface area (Å²) in [6.45, 7) is 2.04. The minimum atomic E-state index is -5.22. The fourth-order valence-corrected chi connectivity index (χ4v) is 5.52. The number of phosphoric ester groups is 2. The van der Waals surface area contributed by atoms with Gasteiger partial charge in [-0.05, 0) is 13.8 Å². The van der Waals surface area contributed by atoms with E-state index in [2.05, 4.69) is 18.3 Å². The Bertz CT molecular complexity index is 1120.